The molecule has 2 aromatic rings. The van der Waals surface area contributed by atoms with Crippen LogP contribution >= 0.6 is 0 Å². The smallest absolute Gasteiger partial charge is 0.305 e. The molecule has 0 aliphatic rings. The van der Waals surface area contributed by atoms with Crippen molar-refractivity contribution in [2.75, 3.05) is 6.61 Å². The highest BCUT2D eigenvalue weighted by Crippen LogP contribution is 2.11. The second kappa shape index (κ2) is 15.0. The third-order valence-corrected chi connectivity index (χ3v) is 7.09. The number of rotatable bonds is 15. The van der Waals surface area contributed by atoms with Crippen LogP contribution in [0.3, 0.4) is 0 Å². The Morgan fingerprint density at radius 1 is 0.974 bits per heavy atom. The second-order valence-electron chi connectivity index (χ2n) is 9.32. The number of ether oxygens (including phenoxy) is 1. The summed E-state index contributed by atoms with van der Waals surface area (Å²) in [5, 5.41) is 12.8. The largest absolute Gasteiger partial charge is 0.466 e. The van der Waals surface area contributed by atoms with Crippen LogP contribution in [0.2, 0.25) is 0 Å². The van der Waals surface area contributed by atoms with Gasteiger partial charge < -0.3 is 21.1 Å². The first kappa shape index (κ1) is 31.4. The summed E-state index contributed by atoms with van der Waals surface area (Å²) >= 11 is 0. The van der Waals surface area contributed by atoms with E-state index in [1.165, 1.54) is 0 Å². The monoisotopic (exact) mass is 559 g/mol. The van der Waals surface area contributed by atoms with Gasteiger partial charge in [0.15, 0.2) is 0 Å². The Hall–Kier alpha value is -3.77. The summed E-state index contributed by atoms with van der Waals surface area (Å²) < 4.78 is 33.0. The van der Waals surface area contributed by atoms with Crippen molar-refractivity contribution < 1.29 is 27.5 Å². The standard InChI is InChI=1S/C27H37N5O6S/c1-4-38-23(33)15-14-22(26(34)30-16-19-10-12-21(13-11-19)25(28)29)31-27(35)24(18(2)3)32-39(36,37)17-20-8-6-5-7-9-20/h5-13,18,22,24,32H,4,14-17H2,1-3H3,(H3,28,29)(H,30,34)(H,31,35)/t22?,24-/m1/s1. The Balaban J connectivity index is 2.13. The minimum atomic E-state index is -3.88. The normalized spacial score (nSPS) is 12.8. The Morgan fingerprint density at radius 2 is 1.62 bits per heavy atom. The third-order valence-electron chi connectivity index (χ3n) is 5.76. The van der Waals surface area contributed by atoms with Gasteiger partial charge in [-0.3, -0.25) is 19.8 Å². The summed E-state index contributed by atoms with van der Waals surface area (Å²) in [6.45, 7) is 5.34. The van der Waals surface area contributed by atoms with Crippen molar-refractivity contribution in [3.63, 3.8) is 0 Å². The van der Waals surface area contributed by atoms with Crippen LogP contribution in [0.1, 0.15) is 50.3 Å². The van der Waals surface area contributed by atoms with Crippen LogP contribution in [0.5, 0.6) is 0 Å². The number of carbonyl (C=O) groups excluding carboxylic acids is 3. The lowest BCUT2D eigenvalue weighted by molar-refractivity contribution is -0.143. The van der Waals surface area contributed by atoms with Gasteiger partial charge in [0.25, 0.3) is 0 Å². The number of amides is 2. The van der Waals surface area contributed by atoms with Crippen molar-refractivity contribution in [1.29, 1.82) is 5.41 Å². The third kappa shape index (κ3) is 10.9. The molecule has 212 valence electrons. The van der Waals surface area contributed by atoms with E-state index >= 15 is 0 Å². The molecule has 0 aliphatic heterocycles. The lowest BCUT2D eigenvalue weighted by Crippen LogP contribution is -2.55. The molecule has 0 fully saturated rings. The van der Waals surface area contributed by atoms with E-state index in [1.807, 2.05) is 0 Å². The Morgan fingerprint density at radius 3 is 2.18 bits per heavy atom. The van der Waals surface area contributed by atoms with E-state index in [1.54, 1.807) is 75.4 Å². The molecule has 0 spiro atoms. The minimum absolute atomic E-state index is 0.0404. The van der Waals surface area contributed by atoms with Gasteiger partial charge in [0.05, 0.1) is 12.4 Å². The van der Waals surface area contributed by atoms with Gasteiger partial charge in [0, 0.05) is 18.5 Å². The molecule has 2 amide bonds. The zero-order valence-corrected chi connectivity index (χ0v) is 23.2. The summed E-state index contributed by atoms with van der Waals surface area (Å²) in [5.74, 6) is -2.56. The van der Waals surface area contributed by atoms with Crippen LogP contribution < -0.4 is 21.1 Å². The fraction of sp³-hybridized carbons (Fsp3) is 0.407. The summed E-state index contributed by atoms with van der Waals surface area (Å²) in [4.78, 5) is 38.2. The minimum Gasteiger partial charge on any atom is -0.466 e. The first-order chi connectivity index (χ1) is 18.4. The molecule has 39 heavy (non-hydrogen) atoms. The molecule has 0 saturated carbocycles. The van der Waals surface area contributed by atoms with Crippen molar-refractivity contribution in [2.24, 2.45) is 11.7 Å². The number of hydrogen-bond acceptors (Lipinski definition) is 7. The van der Waals surface area contributed by atoms with Crippen molar-refractivity contribution >= 4 is 33.6 Å². The molecule has 0 aromatic heterocycles. The number of carbonyl (C=O) groups is 3. The molecule has 0 saturated heterocycles. The van der Waals surface area contributed by atoms with Crippen LogP contribution in [-0.4, -0.2) is 50.7 Å². The highest BCUT2D eigenvalue weighted by atomic mass is 32.2. The molecular formula is C27H37N5O6S. The van der Waals surface area contributed by atoms with E-state index in [9.17, 15) is 22.8 Å². The first-order valence-corrected chi connectivity index (χ1v) is 14.3. The predicted octanol–water partition coefficient (Wildman–Crippen LogP) is 1.56. The molecule has 2 rings (SSSR count). The predicted molar refractivity (Wildman–Crippen MR) is 148 cm³/mol. The number of hydrogen-bond donors (Lipinski definition) is 5. The Kier molecular flexibility index (Phi) is 12.1. The van der Waals surface area contributed by atoms with Crippen LogP contribution in [-0.2, 0) is 41.4 Å². The van der Waals surface area contributed by atoms with Gasteiger partial charge in [-0.2, -0.15) is 0 Å². The maximum Gasteiger partial charge on any atom is 0.305 e. The number of nitrogen functional groups attached to an aromatic ring is 1. The molecule has 0 aliphatic carbocycles. The summed E-state index contributed by atoms with van der Waals surface area (Å²) in [6.07, 6.45) is -0.160. The van der Waals surface area contributed by atoms with E-state index in [-0.39, 0.29) is 37.6 Å². The summed E-state index contributed by atoms with van der Waals surface area (Å²) in [6, 6.07) is 13.0. The Bertz CT molecular complexity index is 1230. The fourth-order valence-corrected chi connectivity index (χ4v) is 5.14. The van der Waals surface area contributed by atoms with Crippen LogP contribution in [0.25, 0.3) is 0 Å². The molecule has 2 atom stereocenters. The zero-order chi connectivity index (χ0) is 29.0. The van der Waals surface area contributed by atoms with E-state index in [0.717, 1.165) is 5.56 Å². The van der Waals surface area contributed by atoms with E-state index in [2.05, 4.69) is 15.4 Å². The Labute approximate surface area is 229 Å². The number of benzene rings is 2. The number of amidine groups is 1. The van der Waals surface area contributed by atoms with Crippen molar-refractivity contribution in [1.82, 2.24) is 15.4 Å². The zero-order valence-electron chi connectivity index (χ0n) is 22.4. The number of nitrogens with two attached hydrogens (primary N) is 1. The number of sulfonamides is 1. The van der Waals surface area contributed by atoms with E-state index in [0.29, 0.717) is 11.1 Å². The molecule has 11 nitrogen and oxygen atoms in total. The number of nitrogens with one attached hydrogen (secondary N) is 4. The van der Waals surface area contributed by atoms with Gasteiger partial charge in [0.1, 0.15) is 17.9 Å². The first-order valence-electron chi connectivity index (χ1n) is 12.6. The quantitative estimate of drug-likeness (QED) is 0.125. The van der Waals surface area contributed by atoms with Crippen molar-refractivity contribution in [3.05, 3.63) is 71.3 Å². The molecule has 12 heteroatoms. The fourth-order valence-electron chi connectivity index (χ4n) is 3.66. The molecule has 2 aromatic carbocycles. The SMILES string of the molecule is CCOC(=O)CCC(NC(=O)[C@H](NS(=O)(=O)Cc1ccccc1)C(C)C)C(=O)NCc1ccc(C(=N)N)cc1. The molecule has 6 N–H and O–H groups in total. The van der Waals surface area contributed by atoms with Crippen LogP contribution in [0.15, 0.2) is 54.6 Å². The van der Waals surface area contributed by atoms with Gasteiger partial charge in [-0.25, -0.2) is 13.1 Å². The molecular weight excluding hydrogens is 522 g/mol. The maximum atomic E-state index is 13.2. The molecule has 0 heterocycles. The molecule has 0 radical (unpaired) electrons. The summed E-state index contributed by atoms with van der Waals surface area (Å²) in [7, 11) is -3.88. The topological polar surface area (TPSA) is 181 Å². The van der Waals surface area contributed by atoms with E-state index in [4.69, 9.17) is 15.9 Å². The average Bonchev–Trinajstić information content (AvgIpc) is 2.88. The average molecular weight is 560 g/mol. The van der Waals surface area contributed by atoms with E-state index < -0.39 is 45.8 Å². The second-order valence-corrected chi connectivity index (χ2v) is 11.1. The van der Waals surface area contributed by atoms with Gasteiger partial charge in [0.2, 0.25) is 21.8 Å². The molecule has 1 unspecified atom stereocenters. The van der Waals surface area contributed by atoms with Crippen LogP contribution in [0, 0.1) is 11.3 Å². The highest BCUT2D eigenvalue weighted by Gasteiger charge is 2.31. The lowest BCUT2D eigenvalue weighted by Gasteiger charge is -2.25. The summed E-state index contributed by atoms with van der Waals surface area (Å²) in [5.41, 5.74) is 7.31. The van der Waals surface area contributed by atoms with Gasteiger partial charge in [-0.1, -0.05) is 68.4 Å². The maximum absolute atomic E-state index is 13.2. The molecule has 0 bridgehead atoms. The van der Waals surface area contributed by atoms with Crippen molar-refractivity contribution in [2.45, 2.75) is 58.0 Å². The lowest BCUT2D eigenvalue weighted by atomic mass is 10.0. The van der Waals surface area contributed by atoms with Crippen molar-refractivity contribution in [3.8, 4) is 0 Å². The van der Waals surface area contributed by atoms with Gasteiger partial charge in [-0.15, -0.1) is 0 Å². The van der Waals surface area contributed by atoms with Crippen LogP contribution in [0.4, 0.5) is 0 Å². The van der Waals surface area contributed by atoms with Gasteiger partial charge in [-0.05, 0) is 30.4 Å². The number of esters is 1. The highest BCUT2D eigenvalue weighted by molar-refractivity contribution is 7.88. The van der Waals surface area contributed by atoms with Gasteiger partial charge >= 0.3 is 5.97 Å².